The Morgan fingerprint density at radius 2 is 2.50 bits per heavy atom. The molecule has 2 heterocycles. The van der Waals surface area contributed by atoms with Crippen LogP contribution >= 0.6 is 22.9 Å². The molecule has 1 aromatic rings. The van der Waals surface area contributed by atoms with Crippen LogP contribution in [-0.4, -0.2) is 42.5 Å². The third-order valence-corrected chi connectivity index (χ3v) is 3.89. The van der Waals surface area contributed by atoms with Gasteiger partial charge in [-0.15, -0.1) is 11.6 Å². The summed E-state index contributed by atoms with van der Waals surface area (Å²) in [6.45, 7) is 3.79. The molecule has 16 heavy (non-hydrogen) atoms. The van der Waals surface area contributed by atoms with E-state index in [-0.39, 0.29) is 12.0 Å². The maximum Gasteiger partial charge on any atom is 0.255 e. The Hall–Kier alpha value is -0.580. The number of morpholine rings is 1. The van der Waals surface area contributed by atoms with Gasteiger partial charge in [-0.2, -0.15) is 11.3 Å². The zero-order valence-corrected chi connectivity index (χ0v) is 10.7. The molecule has 0 saturated carbocycles. The quantitative estimate of drug-likeness (QED) is 0.762. The fourth-order valence-corrected chi connectivity index (χ4v) is 2.76. The number of amides is 1. The molecular weight excluding hydrogens is 246 g/mol. The summed E-state index contributed by atoms with van der Waals surface area (Å²) in [5.74, 6) is 0.532. The Morgan fingerprint density at radius 3 is 3.12 bits per heavy atom. The van der Waals surface area contributed by atoms with Gasteiger partial charge in [0.2, 0.25) is 0 Å². The van der Waals surface area contributed by atoms with Crippen molar-refractivity contribution in [3.05, 3.63) is 21.9 Å². The molecule has 0 bridgehead atoms. The number of carbonyl (C=O) groups excluding carboxylic acids is 1. The maximum atomic E-state index is 12.2. The number of thiophene rings is 1. The lowest BCUT2D eigenvalue weighted by Crippen LogP contribution is -2.46. The average molecular weight is 260 g/mol. The van der Waals surface area contributed by atoms with E-state index in [1.54, 1.807) is 11.3 Å². The number of alkyl halides is 1. The lowest BCUT2D eigenvalue weighted by atomic mass is 10.2. The predicted molar refractivity (Wildman–Crippen MR) is 65.4 cm³/mol. The molecule has 1 atom stereocenters. The number of aryl methyl sites for hydroxylation is 1. The van der Waals surface area contributed by atoms with Gasteiger partial charge in [0.15, 0.2) is 0 Å². The third-order valence-electron chi connectivity index (χ3n) is 2.68. The second-order valence-electron chi connectivity index (χ2n) is 3.87. The molecule has 1 saturated heterocycles. The minimum atomic E-state index is -0.0293. The van der Waals surface area contributed by atoms with E-state index in [4.69, 9.17) is 16.3 Å². The third kappa shape index (κ3) is 2.39. The number of nitrogens with zero attached hydrogens (tertiary/aromatic N) is 1. The Labute approximate surface area is 104 Å². The van der Waals surface area contributed by atoms with Crippen LogP contribution in [0.5, 0.6) is 0 Å². The Balaban J connectivity index is 2.07. The van der Waals surface area contributed by atoms with Crippen LogP contribution in [0, 0.1) is 6.92 Å². The van der Waals surface area contributed by atoms with Crippen LogP contribution in [0.2, 0.25) is 0 Å². The van der Waals surface area contributed by atoms with Crippen LogP contribution in [0.1, 0.15) is 15.9 Å². The Morgan fingerprint density at radius 1 is 1.69 bits per heavy atom. The standard InChI is InChI=1S/C11H14ClNO2S/c1-8-6-16-7-10(8)11(14)13-2-3-15-9(4-12)5-13/h6-7,9H,2-5H2,1H3. The van der Waals surface area contributed by atoms with Crippen molar-refractivity contribution in [2.75, 3.05) is 25.6 Å². The van der Waals surface area contributed by atoms with E-state index < -0.39 is 0 Å². The number of carbonyl (C=O) groups is 1. The van der Waals surface area contributed by atoms with Gasteiger partial charge in [-0.1, -0.05) is 0 Å². The molecule has 1 amide bonds. The summed E-state index contributed by atoms with van der Waals surface area (Å²) in [5.41, 5.74) is 1.85. The zero-order chi connectivity index (χ0) is 11.5. The van der Waals surface area contributed by atoms with Crippen molar-refractivity contribution in [1.29, 1.82) is 0 Å². The predicted octanol–water partition coefficient (Wildman–Crippen LogP) is 2.14. The summed E-state index contributed by atoms with van der Waals surface area (Å²) in [6.07, 6.45) is -0.0293. The monoisotopic (exact) mass is 259 g/mol. The van der Waals surface area contributed by atoms with Crippen LogP contribution in [0.25, 0.3) is 0 Å². The van der Waals surface area contributed by atoms with Gasteiger partial charge in [0, 0.05) is 18.5 Å². The van der Waals surface area contributed by atoms with E-state index in [2.05, 4.69) is 0 Å². The van der Waals surface area contributed by atoms with Crippen LogP contribution in [0.3, 0.4) is 0 Å². The summed E-state index contributed by atoms with van der Waals surface area (Å²) < 4.78 is 5.43. The van der Waals surface area contributed by atoms with Crippen molar-refractivity contribution in [3.63, 3.8) is 0 Å². The highest BCUT2D eigenvalue weighted by Gasteiger charge is 2.25. The number of hydrogen-bond donors (Lipinski definition) is 0. The van der Waals surface area contributed by atoms with E-state index >= 15 is 0 Å². The van der Waals surface area contributed by atoms with E-state index in [1.165, 1.54) is 0 Å². The van der Waals surface area contributed by atoms with Crippen molar-refractivity contribution in [2.24, 2.45) is 0 Å². The van der Waals surface area contributed by atoms with Gasteiger partial charge >= 0.3 is 0 Å². The lowest BCUT2D eigenvalue weighted by Gasteiger charge is -2.32. The fourth-order valence-electron chi connectivity index (χ4n) is 1.75. The van der Waals surface area contributed by atoms with Gasteiger partial charge in [0.05, 0.1) is 24.2 Å². The molecule has 0 N–H and O–H groups in total. The van der Waals surface area contributed by atoms with Crippen molar-refractivity contribution in [1.82, 2.24) is 4.90 Å². The summed E-state index contributed by atoms with van der Waals surface area (Å²) >= 11 is 7.31. The SMILES string of the molecule is Cc1cscc1C(=O)N1CCOC(CCl)C1. The number of rotatable bonds is 2. The second kappa shape index (κ2) is 5.17. The molecule has 1 fully saturated rings. The molecule has 0 aromatic carbocycles. The van der Waals surface area contributed by atoms with Gasteiger partial charge in [-0.25, -0.2) is 0 Å². The Kier molecular flexibility index (Phi) is 3.84. The largest absolute Gasteiger partial charge is 0.373 e. The minimum Gasteiger partial charge on any atom is -0.373 e. The lowest BCUT2D eigenvalue weighted by molar-refractivity contribution is -0.0108. The molecule has 1 aromatic heterocycles. The van der Waals surface area contributed by atoms with Crippen molar-refractivity contribution in [3.8, 4) is 0 Å². The van der Waals surface area contributed by atoms with Crippen molar-refractivity contribution in [2.45, 2.75) is 13.0 Å². The molecule has 5 heteroatoms. The molecule has 1 aliphatic heterocycles. The summed E-state index contributed by atoms with van der Waals surface area (Å²) in [7, 11) is 0. The summed E-state index contributed by atoms with van der Waals surface area (Å²) in [5, 5.41) is 3.90. The smallest absolute Gasteiger partial charge is 0.255 e. The summed E-state index contributed by atoms with van der Waals surface area (Å²) in [4.78, 5) is 14.0. The molecule has 0 radical (unpaired) electrons. The highest BCUT2D eigenvalue weighted by Crippen LogP contribution is 2.18. The Bertz CT molecular complexity index is 380. The van der Waals surface area contributed by atoms with E-state index in [0.717, 1.165) is 11.1 Å². The van der Waals surface area contributed by atoms with Crippen LogP contribution < -0.4 is 0 Å². The number of ether oxygens (including phenoxy) is 1. The first-order valence-corrected chi connectivity index (χ1v) is 6.69. The first kappa shape index (κ1) is 11.9. The number of hydrogen-bond acceptors (Lipinski definition) is 3. The molecular formula is C11H14ClNO2S. The van der Waals surface area contributed by atoms with Gasteiger partial charge in [0.25, 0.3) is 5.91 Å². The molecule has 0 aliphatic carbocycles. The normalized spacial score (nSPS) is 21.1. The number of halogens is 1. The van der Waals surface area contributed by atoms with E-state index in [1.807, 2.05) is 22.6 Å². The van der Waals surface area contributed by atoms with Crippen molar-refractivity contribution < 1.29 is 9.53 Å². The molecule has 2 rings (SSSR count). The first-order valence-electron chi connectivity index (χ1n) is 5.22. The van der Waals surface area contributed by atoms with Gasteiger partial charge in [-0.05, 0) is 17.9 Å². The molecule has 3 nitrogen and oxygen atoms in total. The van der Waals surface area contributed by atoms with Gasteiger partial charge < -0.3 is 9.64 Å². The van der Waals surface area contributed by atoms with E-state index in [0.29, 0.717) is 25.6 Å². The molecule has 1 unspecified atom stereocenters. The van der Waals surface area contributed by atoms with E-state index in [9.17, 15) is 4.79 Å². The first-order chi connectivity index (χ1) is 7.72. The minimum absolute atomic E-state index is 0.0293. The molecule has 88 valence electrons. The highest BCUT2D eigenvalue weighted by atomic mass is 35.5. The zero-order valence-electron chi connectivity index (χ0n) is 9.11. The maximum absolute atomic E-state index is 12.2. The molecule has 1 aliphatic rings. The van der Waals surface area contributed by atoms with Gasteiger partial charge in [-0.3, -0.25) is 4.79 Å². The van der Waals surface area contributed by atoms with Crippen LogP contribution in [0.15, 0.2) is 10.8 Å². The summed E-state index contributed by atoms with van der Waals surface area (Å²) in [6, 6.07) is 0. The van der Waals surface area contributed by atoms with Crippen LogP contribution in [-0.2, 0) is 4.74 Å². The van der Waals surface area contributed by atoms with Crippen LogP contribution in [0.4, 0.5) is 0 Å². The highest BCUT2D eigenvalue weighted by molar-refractivity contribution is 7.08. The van der Waals surface area contributed by atoms with Gasteiger partial charge in [0.1, 0.15) is 0 Å². The second-order valence-corrected chi connectivity index (χ2v) is 4.92. The molecule has 0 spiro atoms. The van der Waals surface area contributed by atoms with Crippen molar-refractivity contribution >= 4 is 28.8 Å². The topological polar surface area (TPSA) is 29.5 Å². The average Bonchev–Trinajstić information content (AvgIpc) is 2.74. The fraction of sp³-hybridized carbons (Fsp3) is 0.545.